The van der Waals surface area contributed by atoms with Gasteiger partial charge in [0.05, 0.1) is 11.9 Å². The van der Waals surface area contributed by atoms with Gasteiger partial charge in [-0.25, -0.2) is 4.98 Å². The molecule has 2 rings (SSSR count). The molecule has 0 spiro atoms. The minimum absolute atomic E-state index is 0.732. The SMILES string of the molecule is CNCc1cnc(-c2cccc(Cl)c2)n1C. The quantitative estimate of drug-likeness (QED) is 0.886. The summed E-state index contributed by atoms with van der Waals surface area (Å²) in [4.78, 5) is 4.41. The zero-order valence-electron chi connectivity index (χ0n) is 9.37. The first-order valence-electron chi connectivity index (χ1n) is 5.13. The molecular weight excluding hydrogens is 222 g/mol. The fourth-order valence-corrected chi connectivity index (χ4v) is 1.88. The Labute approximate surface area is 100 Å². The Kier molecular flexibility index (Phi) is 3.27. The molecule has 0 aliphatic heterocycles. The number of imidazole rings is 1. The largest absolute Gasteiger partial charge is 0.330 e. The highest BCUT2D eigenvalue weighted by atomic mass is 35.5. The summed E-state index contributed by atoms with van der Waals surface area (Å²) in [5.41, 5.74) is 2.19. The Balaban J connectivity index is 2.41. The Bertz CT molecular complexity index is 491. The second-order valence-electron chi connectivity index (χ2n) is 3.67. The Hall–Kier alpha value is -1.32. The molecule has 16 heavy (non-hydrogen) atoms. The van der Waals surface area contributed by atoms with Crippen LogP contribution in [-0.4, -0.2) is 16.6 Å². The molecule has 4 heteroatoms. The summed E-state index contributed by atoms with van der Waals surface area (Å²) in [6.07, 6.45) is 1.88. The number of nitrogens with one attached hydrogen (secondary N) is 1. The van der Waals surface area contributed by atoms with Gasteiger partial charge < -0.3 is 9.88 Å². The van der Waals surface area contributed by atoms with Crippen LogP contribution in [0.5, 0.6) is 0 Å². The Morgan fingerprint density at radius 3 is 2.94 bits per heavy atom. The first-order chi connectivity index (χ1) is 7.72. The molecule has 1 aromatic heterocycles. The third kappa shape index (κ3) is 2.10. The predicted octanol–water partition coefficient (Wildman–Crippen LogP) is 2.46. The molecule has 0 unspecified atom stereocenters. The number of hydrogen-bond acceptors (Lipinski definition) is 2. The highest BCUT2D eigenvalue weighted by molar-refractivity contribution is 6.30. The first kappa shape index (κ1) is 11.2. The van der Waals surface area contributed by atoms with Gasteiger partial charge in [-0.2, -0.15) is 0 Å². The van der Waals surface area contributed by atoms with Crippen molar-refractivity contribution >= 4 is 11.6 Å². The van der Waals surface area contributed by atoms with E-state index >= 15 is 0 Å². The average Bonchev–Trinajstić information content (AvgIpc) is 2.61. The molecule has 1 heterocycles. The summed E-state index contributed by atoms with van der Waals surface area (Å²) in [6, 6.07) is 7.73. The number of hydrogen-bond donors (Lipinski definition) is 1. The minimum atomic E-state index is 0.732. The van der Waals surface area contributed by atoms with E-state index in [1.54, 1.807) is 0 Å². The Morgan fingerprint density at radius 2 is 2.25 bits per heavy atom. The highest BCUT2D eigenvalue weighted by Gasteiger charge is 2.07. The average molecular weight is 236 g/mol. The summed E-state index contributed by atoms with van der Waals surface area (Å²) in [7, 11) is 3.93. The van der Waals surface area contributed by atoms with Gasteiger partial charge in [0.15, 0.2) is 0 Å². The van der Waals surface area contributed by atoms with E-state index in [1.165, 1.54) is 0 Å². The molecular formula is C12H14ClN3. The van der Waals surface area contributed by atoms with Gasteiger partial charge >= 0.3 is 0 Å². The third-order valence-corrected chi connectivity index (χ3v) is 2.76. The number of rotatable bonds is 3. The summed E-state index contributed by atoms with van der Waals surface area (Å²) in [5.74, 6) is 0.938. The lowest BCUT2D eigenvalue weighted by atomic mass is 10.2. The lowest BCUT2D eigenvalue weighted by Gasteiger charge is -2.05. The predicted molar refractivity (Wildman–Crippen MR) is 66.4 cm³/mol. The third-order valence-electron chi connectivity index (χ3n) is 2.53. The molecule has 0 aliphatic carbocycles. The van der Waals surface area contributed by atoms with Crippen molar-refractivity contribution in [3.8, 4) is 11.4 Å². The van der Waals surface area contributed by atoms with E-state index in [0.717, 1.165) is 28.6 Å². The molecule has 0 fully saturated rings. The van der Waals surface area contributed by atoms with Crippen LogP contribution < -0.4 is 5.32 Å². The monoisotopic (exact) mass is 235 g/mol. The fraction of sp³-hybridized carbons (Fsp3) is 0.250. The van der Waals surface area contributed by atoms with E-state index < -0.39 is 0 Å². The van der Waals surface area contributed by atoms with Crippen molar-refractivity contribution in [3.63, 3.8) is 0 Å². The molecule has 0 bridgehead atoms. The summed E-state index contributed by atoms with van der Waals surface area (Å²) >= 11 is 5.97. The van der Waals surface area contributed by atoms with Crippen LogP contribution in [0.1, 0.15) is 5.69 Å². The zero-order valence-corrected chi connectivity index (χ0v) is 10.1. The normalized spacial score (nSPS) is 10.7. The van der Waals surface area contributed by atoms with Crippen molar-refractivity contribution in [2.24, 2.45) is 7.05 Å². The molecule has 0 amide bonds. The summed E-state index contributed by atoms with van der Waals surface area (Å²) in [5, 5.41) is 3.85. The molecule has 0 saturated carbocycles. The van der Waals surface area contributed by atoms with Crippen LogP contribution >= 0.6 is 11.6 Å². The topological polar surface area (TPSA) is 29.9 Å². The highest BCUT2D eigenvalue weighted by Crippen LogP contribution is 2.21. The van der Waals surface area contributed by atoms with Gasteiger partial charge in [0.1, 0.15) is 5.82 Å². The molecule has 0 saturated heterocycles. The number of aromatic nitrogens is 2. The standard InChI is InChI=1S/C12H14ClN3/c1-14-7-11-8-15-12(16(11)2)9-4-3-5-10(13)6-9/h3-6,8,14H,7H2,1-2H3. The molecule has 1 N–H and O–H groups in total. The fourth-order valence-electron chi connectivity index (χ4n) is 1.69. The molecule has 1 aromatic carbocycles. The van der Waals surface area contributed by atoms with Crippen molar-refractivity contribution in [2.75, 3.05) is 7.05 Å². The molecule has 0 atom stereocenters. The van der Waals surface area contributed by atoms with Crippen molar-refractivity contribution in [1.29, 1.82) is 0 Å². The van der Waals surface area contributed by atoms with Gasteiger partial charge in [0.25, 0.3) is 0 Å². The zero-order chi connectivity index (χ0) is 11.5. The van der Waals surface area contributed by atoms with Crippen LogP contribution in [-0.2, 0) is 13.6 Å². The van der Waals surface area contributed by atoms with Crippen LogP contribution in [0.3, 0.4) is 0 Å². The van der Waals surface area contributed by atoms with E-state index in [9.17, 15) is 0 Å². The van der Waals surface area contributed by atoms with E-state index in [0.29, 0.717) is 0 Å². The van der Waals surface area contributed by atoms with Gasteiger partial charge in [-0.3, -0.25) is 0 Å². The molecule has 84 valence electrons. The smallest absolute Gasteiger partial charge is 0.139 e. The van der Waals surface area contributed by atoms with E-state index in [2.05, 4.69) is 14.9 Å². The van der Waals surface area contributed by atoms with Crippen LogP contribution in [0.4, 0.5) is 0 Å². The van der Waals surface area contributed by atoms with Crippen molar-refractivity contribution in [2.45, 2.75) is 6.54 Å². The van der Waals surface area contributed by atoms with Crippen molar-refractivity contribution in [1.82, 2.24) is 14.9 Å². The number of benzene rings is 1. The molecule has 3 nitrogen and oxygen atoms in total. The number of halogens is 1. The first-order valence-corrected chi connectivity index (χ1v) is 5.51. The van der Waals surface area contributed by atoms with Crippen LogP contribution in [0.25, 0.3) is 11.4 Å². The van der Waals surface area contributed by atoms with E-state index in [1.807, 2.05) is 44.6 Å². The minimum Gasteiger partial charge on any atom is -0.330 e. The maximum atomic E-state index is 5.97. The maximum Gasteiger partial charge on any atom is 0.139 e. The van der Waals surface area contributed by atoms with Gasteiger partial charge in [-0.1, -0.05) is 23.7 Å². The lowest BCUT2D eigenvalue weighted by molar-refractivity contribution is 0.737. The van der Waals surface area contributed by atoms with Crippen LogP contribution in [0.15, 0.2) is 30.5 Å². The van der Waals surface area contributed by atoms with Crippen molar-refractivity contribution < 1.29 is 0 Å². The van der Waals surface area contributed by atoms with Crippen LogP contribution in [0.2, 0.25) is 5.02 Å². The van der Waals surface area contributed by atoms with Crippen molar-refractivity contribution in [3.05, 3.63) is 41.2 Å². The number of nitrogens with zero attached hydrogens (tertiary/aromatic N) is 2. The molecule has 0 aliphatic rings. The van der Waals surface area contributed by atoms with Gasteiger partial charge in [0, 0.05) is 24.2 Å². The summed E-state index contributed by atoms with van der Waals surface area (Å²) in [6.45, 7) is 0.810. The van der Waals surface area contributed by atoms with E-state index in [-0.39, 0.29) is 0 Å². The lowest BCUT2D eigenvalue weighted by Crippen LogP contribution is -2.09. The summed E-state index contributed by atoms with van der Waals surface area (Å²) < 4.78 is 2.07. The second kappa shape index (κ2) is 4.68. The van der Waals surface area contributed by atoms with E-state index in [4.69, 9.17) is 11.6 Å². The second-order valence-corrected chi connectivity index (χ2v) is 4.11. The van der Waals surface area contributed by atoms with Crippen LogP contribution in [0, 0.1) is 0 Å². The maximum absolute atomic E-state index is 5.97. The van der Waals surface area contributed by atoms with Gasteiger partial charge in [0.2, 0.25) is 0 Å². The van der Waals surface area contributed by atoms with Gasteiger partial charge in [-0.05, 0) is 19.2 Å². The Morgan fingerprint density at radius 1 is 1.44 bits per heavy atom. The molecule has 2 aromatic rings. The molecule has 0 radical (unpaired) electrons. The van der Waals surface area contributed by atoms with Gasteiger partial charge in [-0.15, -0.1) is 0 Å².